The first-order valence-electron chi connectivity index (χ1n) is 7.81. The number of pyridine rings is 1. The number of ether oxygens (including phenoxy) is 1. The van der Waals surface area contributed by atoms with Gasteiger partial charge in [-0.3, -0.25) is 9.55 Å². The van der Waals surface area contributed by atoms with Crippen molar-refractivity contribution in [1.29, 1.82) is 0 Å². The molecule has 3 aromatic rings. The van der Waals surface area contributed by atoms with Gasteiger partial charge in [0.15, 0.2) is 17.0 Å². The molecule has 3 aromatic heterocycles. The van der Waals surface area contributed by atoms with Crippen molar-refractivity contribution in [3.63, 3.8) is 0 Å². The Hall–Kier alpha value is -2.25. The van der Waals surface area contributed by atoms with Crippen LogP contribution < -0.4 is 4.90 Å². The van der Waals surface area contributed by atoms with E-state index in [2.05, 4.69) is 31.8 Å². The first-order valence-corrected chi connectivity index (χ1v) is 8.19. The Morgan fingerprint density at radius 3 is 3.00 bits per heavy atom. The molecule has 0 bridgehead atoms. The fraction of sp³-hybridized carbons (Fsp3) is 0.375. The number of aryl methyl sites for hydroxylation is 1. The van der Waals surface area contributed by atoms with E-state index in [0.29, 0.717) is 18.9 Å². The minimum Gasteiger partial charge on any atom is -0.377 e. The summed E-state index contributed by atoms with van der Waals surface area (Å²) in [7, 11) is 0. The van der Waals surface area contributed by atoms with E-state index in [1.807, 2.05) is 17.6 Å². The van der Waals surface area contributed by atoms with Crippen molar-refractivity contribution in [2.75, 3.05) is 24.7 Å². The number of imidazole rings is 1. The van der Waals surface area contributed by atoms with Crippen LogP contribution in [0.25, 0.3) is 16.9 Å². The standard InChI is InChI=1S/C16H17ClN6O/c1-10-3-4-18-7-12(10)23-9-19-13-14(20-16(17)21-15(13)23)22-5-6-24-8-11(22)2/h3-4,7,9,11H,5-6,8H2,1-2H3/t11-/m1/s1. The largest absolute Gasteiger partial charge is 0.377 e. The molecule has 0 aromatic carbocycles. The molecule has 1 fully saturated rings. The second kappa shape index (κ2) is 5.99. The minimum absolute atomic E-state index is 0.207. The third kappa shape index (κ3) is 2.50. The summed E-state index contributed by atoms with van der Waals surface area (Å²) in [4.78, 5) is 19.8. The Morgan fingerprint density at radius 1 is 1.33 bits per heavy atom. The van der Waals surface area contributed by atoms with Gasteiger partial charge in [-0.05, 0) is 37.1 Å². The number of anilines is 1. The average Bonchev–Trinajstić information content (AvgIpc) is 2.99. The van der Waals surface area contributed by atoms with Gasteiger partial charge in [0.25, 0.3) is 0 Å². The second-order valence-corrected chi connectivity index (χ2v) is 6.22. The molecule has 1 saturated heterocycles. The fourth-order valence-electron chi connectivity index (χ4n) is 2.99. The van der Waals surface area contributed by atoms with Gasteiger partial charge in [0.2, 0.25) is 5.28 Å². The molecule has 1 atom stereocenters. The van der Waals surface area contributed by atoms with E-state index in [-0.39, 0.29) is 11.3 Å². The van der Waals surface area contributed by atoms with Gasteiger partial charge in [-0.1, -0.05) is 0 Å². The highest BCUT2D eigenvalue weighted by Crippen LogP contribution is 2.28. The van der Waals surface area contributed by atoms with Crippen LogP contribution in [-0.4, -0.2) is 50.3 Å². The molecule has 1 aliphatic heterocycles. The van der Waals surface area contributed by atoms with Gasteiger partial charge in [-0.2, -0.15) is 9.97 Å². The van der Waals surface area contributed by atoms with Crippen molar-refractivity contribution in [3.05, 3.63) is 35.6 Å². The van der Waals surface area contributed by atoms with Crippen LogP contribution in [0.2, 0.25) is 5.28 Å². The predicted molar refractivity (Wildman–Crippen MR) is 91.8 cm³/mol. The minimum atomic E-state index is 0.207. The average molecular weight is 345 g/mol. The predicted octanol–water partition coefficient (Wildman–Crippen LogP) is 2.40. The third-order valence-corrected chi connectivity index (χ3v) is 4.43. The van der Waals surface area contributed by atoms with Crippen LogP contribution in [0.3, 0.4) is 0 Å². The molecule has 0 saturated carbocycles. The molecule has 4 rings (SSSR count). The number of hydrogen-bond donors (Lipinski definition) is 0. The van der Waals surface area contributed by atoms with Crippen LogP contribution in [0.1, 0.15) is 12.5 Å². The zero-order valence-electron chi connectivity index (χ0n) is 13.5. The van der Waals surface area contributed by atoms with E-state index in [0.717, 1.165) is 29.1 Å². The van der Waals surface area contributed by atoms with Crippen LogP contribution in [0, 0.1) is 6.92 Å². The van der Waals surface area contributed by atoms with Gasteiger partial charge >= 0.3 is 0 Å². The molecular formula is C16H17ClN6O. The highest BCUT2D eigenvalue weighted by atomic mass is 35.5. The molecule has 0 unspecified atom stereocenters. The van der Waals surface area contributed by atoms with Crippen molar-refractivity contribution in [2.45, 2.75) is 19.9 Å². The number of aromatic nitrogens is 5. The summed E-state index contributed by atoms with van der Waals surface area (Å²) in [6, 6.07) is 2.16. The quantitative estimate of drug-likeness (QED) is 0.665. The Labute approximate surface area is 144 Å². The van der Waals surface area contributed by atoms with E-state index >= 15 is 0 Å². The number of morpholine rings is 1. The normalized spacial score (nSPS) is 18.3. The Morgan fingerprint density at radius 2 is 2.21 bits per heavy atom. The topological polar surface area (TPSA) is 69.0 Å². The van der Waals surface area contributed by atoms with Gasteiger partial charge in [-0.25, -0.2) is 4.98 Å². The second-order valence-electron chi connectivity index (χ2n) is 5.88. The molecule has 124 valence electrons. The summed E-state index contributed by atoms with van der Waals surface area (Å²) in [6.07, 6.45) is 5.30. The lowest BCUT2D eigenvalue weighted by molar-refractivity contribution is 0.0986. The van der Waals surface area contributed by atoms with Gasteiger partial charge in [0.05, 0.1) is 31.1 Å². The summed E-state index contributed by atoms with van der Waals surface area (Å²) in [6.45, 7) is 6.20. The third-order valence-electron chi connectivity index (χ3n) is 4.26. The van der Waals surface area contributed by atoms with Gasteiger partial charge < -0.3 is 9.64 Å². The van der Waals surface area contributed by atoms with Gasteiger partial charge in [0, 0.05) is 12.7 Å². The summed E-state index contributed by atoms with van der Waals surface area (Å²) in [5, 5.41) is 0.208. The van der Waals surface area contributed by atoms with Gasteiger partial charge in [0.1, 0.15) is 6.33 Å². The molecule has 0 radical (unpaired) electrons. The van der Waals surface area contributed by atoms with Crippen LogP contribution in [0.5, 0.6) is 0 Å². The van der Waals surface area contributed by atoms with Crippen LogP contribution in [0.15, 0.2) is 24.8 Å². The summed E-state index contributed by atoms with van der Waals surface area (Å²) in [5.41, 5.74) is 3.42. The lowest BCUT2D eigenvalue weighted by Gasteiger charge is -2.34. The van der Waals surface area contributed by atoms with Crippen molar-refractivity contribution in [2.24, 2.45) is 0 Å². The van der Waals surface area contributed by atoms with E-state index < -0.39 is 0 Å². The first kappa shape index (κ1) is 15.3. The lowest BCUT2D eigenvalue weighted by Crippen LogP contribution is -2.44. The maximum atomic E-state index is 6.21. The van der Waals surface area contributed by atoms with Crippen LogP contribution in [0.4, 0.5) is 5.82 Å². The lowest BCUT2D eigenvalue weighted by atomic mass is 10.2. The SMILES string of the molecule is Cc1ccncc1-n1cnc2c(N3CCOC[C@H]3C)nc(Cl)nc21. The number of nitrogens with zero attached hydrogens (tertiary/aromatic N) is 6. The zero-order valence-corrected chi connectivity index (χ0v) is 14.2. The van der Waals surface area contributed by atoms with Crippen molar-refractivity contribution in [1.82, 2.24) is 24.5 Å². The summed E-state index contributed by atoms with van der Waals surface area (Å²) in [5.74, 6) is 0.751. The van der Waals surface area contributed by atoms with Crippen molar-refractivity contribution >= 4 is 28.6 Å². The smallest absolute Gasteiger partial charge is 0.226 e. The number of halogens is 1. The Kier molecular flexibility index (Phi) is 3.82. The number of fused-ring (bicyclic) bond motifs is 1. The molecule has 0 spiro atoms. The number of rotatable bonds is 2. The maximum Gasteiger partial charge on any atom is 0.226 e. The fourth-order valence-corrected chi connectivity index (χ4v) is 3.15. The molecular weight excluding hydrogens is 328 g/mol. The van der Waals surface area contributed by atoms with Crippen molar-refractivity contribution in [3.8, 4) is 5.69 Å². The van der Waals surface area contributed by atoms with E-state index in [4.69, 9.17) is 16.3 Å². The van der Waals surface area contributed by atoms with E-state index in [1.54, 1.807) is 18.7 Å². The maximum absolute atomic E-state index is 6.21. The highest BCUT2D eigenvalue weighted by Gasteiger charge is 2.25. The molecule has 1 aliphatic rings. The highest BCUT2D eigenvalue weighted by molar-refractivity contribution is 6.28. The van der Waals surface area contributed by atoms with Gasteiger partial charge in [-0.15, -0.1) is 0 Å². The van der Waals surface area contributed by atoms with Crippen LogP contribution >= 0.6 is 11.6 Å². The van der Waals surface area contributed by atoms with E-state index in [1.165, 1.54) is 0 Å². The number of hydrogen-bond acceptors (Lipinski definition) is 6. The molecule has 0 aliphatic carbocycles. The van der Waals surface area contributed by atoms with Crippen LogP contribution in [-0.2, 0) is 4.74 Å². The molecule has 24 heavy (non-hydrogen) atoms. The first-order chi connectivity index (χ1) is 11.6. The molecule has 0 N–H and O–H groups in total. The monoisotopic (exact) mass is 344 g/mol. The summed E-state index contributed by atoms with van der Waals surface area (Å²) < 4.78 is 7.42. The summed E-state index contributed by atoms with van der Waals surface area (Å²) >= 11 is 6.21. The zero-order chi connectivity index (χ0) is 16.7. The molecule has 7 nitrogen and oxygen atoms in total. The van der Waals surface area contributed by atoms with E-state index in [9.17, 15) is 0 Å². The van der Waals surface area contributed by atoms with Crippen molar-refractivity contribution < 1.29 is 4.74 Å². The molecule has 0 amide bonds. The Bertz CT molecular complexity index is 895. The molecule has 8 heteroatoms. The molecule has 4 heterocycles. The Balaban J connectivity index is 1.90.